The van der Waals surface area contributed by atoms with E-state index in [4.69, 9.17) is 11.6 Å². The lowest BCUT2D eigenvalue weighted by molar-refractivity contribution is 0.407. The molecule has 1 fully saturated rings. The molecule has 2 atom stereocenters. The second-order valence-corrected chi connectivity index (χ2v) is 12.0. The third-order valence-corrected chi connectivity index (χ3v) is 8.93. The third-order valence-electron chi connectivity index (χ3n) is 5.91. The van der Waals surface area contributed by atoms with Crippen LogP contribution >= 0.6 is 35.3 Å². The molecule has 0 radical (unpaired) electrons. The molecule has 2 aromatic heterocycles. The molecule has 1 aliphatic heterocycles. The molecular formula is C24H26Cl2N4O2S2. The number of nitrogens with one attached hydrogen (secondary N) is 2. The fourth-order valence-corrected chi connectivity index (χ4v) is 7.71. The fourth-order valence-electron chi connectivity index (χ4n) is 4.70. The van der Waals surface area contributed by atoms with Crippen molar-refractivity contribution in [2.45, 2.75) is 37.8 Å². The van der Waals surface area contributed by atoms with Gasteiger partial charge in [0.25, 0.3) is 10.0 Å². The lowest BCUT2D eigenvalue weighted by atomic mass is 10.1. The lowest BCUT2D eigenvalue weighted by Crippen LogP contribution is -2.54. The van der Waals surface area contributed by atoms with Crippen molar-refractivity contribution in [3.05, 3.63) is 58.6 Å². The van der Waals surface area contributed by atoms with Crippen molar-refractivity contribution in [3.63, 3.8) is 0 Å². The number of sulfonamides is 1. The first kappa shape index (κ1) is 25.0. The van der Waals surface area contributed by atoms with E-state index in [0.29, 0.717) is 28.2 Å². The van der Waals surface area contributed by atoms with Crippen LogP contribution < -0.4 is 14.9 Å². The van der Waals surface area contributed by atoms with Gasteiger partial charge in [-0.25, -0.2) is 8.42 Å². The number of anilines is 2. The maximum absolute atomic E-state index is 13.4. The number of hydrogen-bond donors (Lipinski definition) is 2. The number of fused-ring (bicyclic) bond motifs is 2. The molecule has 2 N–H and O–H groups in total. The summed E-state index contributed by atoms with van der Waals surface area (Å²) in [5.74, 6) is 0. The first-order chi connectivity index (χ1) is 15.7. The summed E-state index contributed by atoms with van der Waals surface area (Å²) >= 11 is 7.61. The van der Waals surface area contributed by atoms with Crippen LogP contribution in [0.15, 0.2) is 53.6 Å². The topological polar surface area (TPSA) is 74.3 Å². The van der Waals surface area contributed by atoms with Crippen molar-refractivity contribution in [2.24, 2.45) is 0 Å². The van der Waals surface area contributed by atoms with Crippen molar-refractivity contribution in [1.82, 2.24) is 10.3 Å². The van der Waals surface area contributed by atoms with Crippen LogP contribution in [0.5, 0.6) is 0 Å². The number of benzene rings is 2. The molecule has 1 saturated heterocycles. The number of hydrogen-bond acceptors (Lipinski definition) is 6. The van der Waals surface area contributed by atoms with Gasteiger partial charge in [0.05, 0.1) is 5.52 Å². The number of halogens is 2. The van der Waals surface area contributed by atoms with Gasteiger partial charge >= 0.3 is 0 Å². The molecule has 2 unspecified atom stereocenters. The van der Waals surface area contributed by atoms with Gasteiger partial charge in [0.15, 0.2) is 0 Å². The molecule has 3 heterocycles. The Balaban J connectivity index is 0.00000274. The van der Waals surface area contributed by atoms with E-state index >= 15 is 0 Å². The second kappa shape index (κ2) is 9.51. The van der Waals surface area contributed by atoms with Gasteiger partial charge in [-0.15, -0.1) is 23.7 Å². The van der Waals surface area contributed by atoms with Gasteiger partial charge in [0.1, 0.15) is 4.90 Å². The van der Waals surface area contributed by atoms with Gasteiger partial charge in [0, 0.05) is 68.1 Å². The molecule has 0 amide bonds. The number of aryl methyl sites for hydroxylation is 1. The molecule has 4 aromatic rings. The van der Waals surface area contributed by atoms with E-state index in [9.17, 15) is 8.42 Å². The molecule has 10 heteroatoms. The van der Waals surface area contributed by atoms with E-state index in [1.165, 1.54) is 11.3 Å². The number of piperazine rings is 1. The first-order valence-electron chi connectivity index (χ1n) is 10.8. The minimum absolute atomic E-state index is 0. The van der Waals surface area contributed by atoms with Gasteiger partial charge < -0.3 is 10.2 Å². The highest BCUT2D eigenvalue weighted by molar-refractivity contribution is 7.93. The predicted molar refractivity (Wildman–Crippen MR) is 146 cm³/mol. The number of nitrogens with zero attached hydrogens (tertiary/aromatic N) is 2. The Morgan fingerprint density at radius 3 is 2.56 bits per heavy atom. The Kier molecular flexibility index (Phi) is 6.99. The molecule has 0 aliphatic carbocycles. The zero-order chi connectivity index (χ0) is 23.3. The van der Waals surface area contributed by atoms with Crippen molar-refractivity contribution in [1.29, 1.82) is 0 Å². The molecule has 180 valence electrons. The Morgan fingerprint density at radius 2 is 1.82 bits per heavy atom. The maximum Gasteiger partial charge on any atom is 0.263 e. The van der Waals surface area contributed by atoms with Crippen molar-refractivity contribution < 1.29 is 8.42 Å². The minimum atomic E-state index is -3.81. The fraction of sp³-hybridized carbons (Fsp3) is 0.292. The Labute approximate surface area is 214 Å². The Hall–Kier alpha value is -2.10. The maximum atomic E-state index is 13.4. The van der Waals surface area contributed by atoms with E-state index in [0.717, 1.165) is 39.3 Å². The lowest BCUT2D eigenvalue weighted by Gasteiger charge is -2.38. The molecule has 1 aliphatic rings. The van der Waals surface area contributed by atoms with Crippen molar-refractivity contribution >= 4 is 77.7 Å². The van der Waals surface area contributed by atoms with Gasteiger partial charge in [-0.2, -0.15) is 0 Å². The van der Waals surface area contributed by atoms with Crippen LogP contribution in [0.25, 0.3) is 21.0 Å². The summed E-state index contributed by atoms with van der Waals surface area (Å²) in [6.45, 7) is 7.92. The number of aromatic nitrogens is 1. The summed E-state index contributed by atoms with van der Waals surface area (Å²) in [4.78, 5) is 7.84. The third kappa shape index (κ3) is 4.70. The first-order valence-corrected chi connectivity index (χ1v) is 13.5. The number of rotatable bonds is 4. The van der Waals surface area contributed by atoms with Crippen molar-refractivity contribution in [2.75, 3.05) is 22.7 Å². The van der Waals surface area contributed by atoms with Gasteiger partial charge in [-0.1, -0.05) is 11.6 Å². The normalized spacial score (nSPS) is 18.8. The van der Waals surface area contributed by atoms with Crippen LogP contribution in [0.2, 0.25) is 5.02 Å². The van der Waals surface area contributed by atoms with Crippen molar-refractivity contribution in [3.8, 4) is 0 Å². The summed E-state index contributed by atoms with van der Waals surface area (Å²) < 4.78 is 30.6. The molecule has 5 rings (SSSR count). The molecule has 0 bridgehead atoms. The predicted octanol–water partition coefficient (Wildman–Crippen LogP) is 5.82. The van der Waals surface area contributed by atoms with Crippen LogP contribution in [0, 0.1) is 6.92 Å². The van der Waals surface area contributed by atoms with Crippen LogP contribution in [-0.2, 0) is 10.0 Å². The molecule has 2 aromatic carbocycles. The van der Waals surface area contributed by atoms with E-state index in [-0.39, 0.29) is 17.3 Å². The summed E-state index contributed by atoms with van der Waals surface area (Å²) in [7, 11) is -3.81. The van der Waals surface area contributed by atoms with E-state index < -0.39 is 10.0 Å². The molecule has 34 heavy (non-hydrogen) atoms. The summed E-state index contributed by atoms with van der Waals surface area (Å²) in [5, 5.41) is 5.63. The van der Waals surface area contributed by atoms with Gasteiger partial charge in [-0.3, -0.25) is 9.71 Å². The average molecular weight is 538 g/mol. The molecule has 0 saturated carbocycles. The summed E-state index contributed by atoms with van der Waals surface area (Å²) in [6, 6.07) is 13.6. The van der Waals surface area contributed by atoms with Gasteiger partial charge in [-0.05, 0) is 63.2 Å². The monoisotopic (exact) mass is 536 g/mol. The van der Waals surface area contributed by atoms with Crippen LogP contribution in [0.3, 0.4) is 0 Å². The quantitative estimate of drug-likeness (QED) is 0.343. The minimum Gasteiger partial charge on any atom is -0.368 e. The number of thiophene rings is 1. The summed E-state index contributed by atoms with van der Waals surface area (Å²) in [6.07, 6.45) is 1.81. The van der Waals surface area contributed by atoms with E-state index in [2.05, 4.69) is 33.8 Å². The average Bonchev–Trinajstić information content (AvgIpc) is 3.08. The zero-order valence-electron chi connectivity index (χ0n) is 19.0. The largest absolute Gasteiger partial charge is 0.368 e. The Morgan fingerprint density at radius 1 is 1.09 bits per heavy atom. The SMILES string of the molecule is Cc1sc2ccc(Cl)cc2c1S(=O)(=O)Nc1ccc2nccc(N3CC(C)NC(C)C3)c2c1.Cl. The second-order valence-electron chi connectivity index (χ2n) is 8.67. The number of pyridine rings is 1. The van der Waals surface area contributed by atoms with Gasteiger partial charge in [0.2, 0.25) is 0 Å². The highest BCUT2D eigenvalue weighted by Gasteiger charge is 2.25. The molecule has 6 nitrogen and oxygen atoms in total. The van der Waals surface area contributed by atoms with E-state index in [1.807, 2.05) is 37.4 Å². The van der Waals surface area contributed by atoms with Crippen LogP contribution in [0.1, 0.15) is 18.7 Å². The van der Waals surface area contributed by atoms with Crippen LogP contribution in [-0.4, -0.2) is 38.6 Å². The molecule has 0 spiro atoms. The molecular weight excluding hydrogens is 511 g/mol. The highest BCUT2D eigenvalue weighted by atomic mass is 35.5. The highest BCUT2D eigenvalue weighted by Crippen LogP contribution is 2.37. The van der Waals surface area contributed by atoms with Crippen LogP contribution in [0.4, 0.5) is 11.4 Å². The summed E-state index contributed by atoms with van der Waals surface area (Å²) in [5.41, 5.74) is 2.40. The standard InChI is InChI=1S/C24H25ClN4O2S2.ClH/c1-14-12-29(13-15(2)27-14)22-8-9-26-21-6-5-18(11-19(21)22)28-33(30,31)24-16(3)32-23-7-4-17(25)10-20(23)24;/h4-11,14-15,27-28H,12-13H2,1-3H3;1H. The van der Waals surface area contributed by atoms with E-state index in [1.54, 1.807) is 18.2 Å². The Bertz CT molecular complexity index is 1460. The zero-order valence-corrected chi connectivity index (χ0v) is 22.2. The smallest absolute Gasteiger partial charge is 0.263 e.